The van der Waals surface area contributed by atoms with Crippen LogP contribution in [0.5, 0.6) is 0 Å². The molecule has 0 heterocycles. The Kier molecular flexibility index (Phi) is 5.32. The second-order valence-electron chi connectivity index (χ2n) is 2.16. The zero-order valence-corrected chi connectivity index (χ0v) is 7.49. The maximum Gasteiger partial charge on any atom is 0.333 e. The maximum absolute atomic E-state index is 10.8. The van der Waals surface area contributed by atoms with E-state index in [-0.39, 0.29) is 0 Å². The molecule has 0 aromatic heterocycles. The molecule has 1 radical (unpaired) electrons. The van der Waals surface area contributed by atoms with E-state index in [1.165, 1.54) is 14.2 Å². The molecule has 0 atom stereocenters. The van der Waals surface area contributed by atoms with Crippen LogP contribution in [-0.4, -0.2) is 26.5 Å². The molecular weight excluding hydrogens is 160 g/mol. The number of methoxy groups -OCH3 is 2. The largest absolute Gasteiger partial charge is 0.449 e. The van der Waals surface area contributed by atoms with Crippen LogP contribution in [0.15, 0.2) is 12.2 Å². The molecule has 69 valence electrons. The van der Waals surface area contributed by atoms with Crippen LogP contribution < -0.4 is 0 Å². The normalized spacial score (nSPS) is 10.0. The summed E-state index contributed by atoms with van der Waals surface area (Å²) in [7, 11) is 2.89. The fourth-order valence-electron chi connectivity index (χ4n) is 0.425. The topological polar surface area (TPSA) is 44.8 Å². The molecule has 12 heavy (non-hydrogen) atoms. The number of hydrogen-bond donors (Lipinski definition) is 0. The third-order valence-electron chi connectivity index (χ3n) is 1.10. The van der Waals surface area contributed by atoms with Gasteiger partial charge in [-0.05, 0) is 6.92 Å². The van der Waals surface area contributed by atoms with E-state index in [0.717, 1.165) is 6.61 Å². The highest BCUT2D eigenvalue weighted by molar-refractivity contribution is 5.87. The number of carbonyl (C=O) groups is 1. The van der Waals surface area contributed by atoms with Crippen LogP contribution in [0.1, 0.15) is 6.92 Å². The Labute approximate surface area is 72.1 Å². The number of hydrogen-bond acceptors (Lipinski definition) is 4. The minimum absolute atomic E-state index is 0.331. The molecular formula is C8H13O4. The van der Waals surface area contributed by atoms with Crippen molar-refractivity contribution in [3.05, 3.63) is 18.8 Å². The fraction of sp³-hybridized carbons (Fsp3) is 0.500. The van der Waals surface area contributed by atoms with Crippen LogP contribution >= 0.6 is 0 Å². The Morgan fingerprint density at radius 2 is 1.92 bits per heavy atom. The molecule has 0 amide bonds. The van der Waals surface area contributed by atoms with Gasteiger partial charge in [-0.3, -0.25) is 0 Å². The van der Waals surface area contributed by atoms with Crippen LogP contribution in [-0.2, 0) is 19.0 Å². The molecule has 0 bridgehead atoms. The minimum atomic E-state index is -0.631. The third kappa shape index (κ3) is 4.10. The molecule has 0 aromatic rings. The molecule has 0 saturated heterocycles. The molecule has 0 aliphatic carbocycles. The van der Waals surface area contributed by atoms with Crippen molar-refractivity contribution in [2.45, 2.75) is 13.2 Å². The fourth-order valence-corrected chi connectivity index (χ4v) is 0.425. The lowest BCUT2D eigenvalue weighted by Gasteiger charge is -2.11. The van der Waals surface area contributed by atoms with Crippen molar-refractivity contribution >= 4 is 5.97 Å². The number of rotatable bonds is 5. The Bertz CT molecular complexity index is 160. The molecule has 0 aromatic carbocycles. The monoisotopic (exact) mass is 173 g/mol. The van der Waals surface area contributed by atoms with Crippen LogP contribution in [0.25, 0.3) is 0 Å². The van der Waals surface area contributed by atoms with Gasteiger partial charge in [0.2, 0.25) is 0 Å². The predicted molar refractivity (Wildman–Crippen MR) is 43.0 cm³/mol. The summed E-state index contributed by atoms with van der Waals surface area (Å²) >= 11 is 0. The van der Waals surface area contributed by atoms with E-state index in [9.17, 15) is 4.79 Å². The average Bonchev–Trinajstić information content (AvgIpc) is 2.05. The van der Waals surface area contributed by atoms with Gasteiger partial charge in [0.15, 0.2) is 12.9 Å². The Morgan fingerprint density at radius 3 is 2.25 bits per heavy atom. The zero-order valence-electron chi connectivity index (χ0n) is 7.49. The summed E-state index contributed by atoms with van der Waals surface area (Å²) in [4.78, 5) is 10.8. The molecule has 0 saturated carbocycles. The van der Waals surface area contributed by atoms with E-state index < -0.39 is 12.3 Å². The van der Waals surface area contributed by atoms with Gasteiger partial charge in [0.05, 0.1) is 0 Å². The first kappa shape index (κ1) is 11.1. The molecule has 0 aliphatic rings. The molecule has 0 fully saturated rings. The maximum atomic E-state index is 10.8. The van der Waals surface area contributed by atoms with E-state index in [4.69, 9.17) is 9.47 Å². The molecule has 0 spiro atoms. The smallest absolute Gasteiger partial charge is 0.333 e. The van der Waals surface area contributed by atoms with Crippen molar-refractivity contribution in [2.75, 3.05) is 14.2 Å². The summed E-state index contributed by atoms with van der Waals surface area (Å²) < 4.78 is 14.1. The summed E-state index contributed by atoms with van der Waals surface area (Å²) in [6, 6.07) is 0. The molecule has 4 nitrogen and oxygen atoms in total. The highest BCUT2D eigenvalue weighted by Crippen LogP contribution is 2.01. The van der Waals surface area contributed by atoms with Crippen molar-refractivity contribution in [1.82, 2.24) is 0 Å². The van der Waals surface area contributed by atoms with Gasteiger partial charge in [0.1, 0.15) is 0 Å². The van der Waals surface area contributed by atoms with E-state index in [0.29, 0.717) is 5.57 Å². The van der Waals surface area contributed by atoms with E-state index in [2.05, 4.69) is 11.3 Å². The summed E-state index contributed by atoms with van der Waals surface area (Å²) in [6.45, 7) is 6.13. The van der Waals surface area contributed by atoms with Gasteiger partial charge in [-0.2, -0.15) is 0 Å². The van der Waals surface area contributed by atoms with Crippen molar-refractivity contribution in [3.8, 4) is 0 Å². The van der Waals surface area contributed by atoms with Crippen LogP contribution in [0.4, 0.5) is 0 Å². The SMILES string of the molecule is C=C(C)C(=O)O[CH]C(OC)OC. The number of carbonyl (C=O) groups excluding carboxylic acids is 1. The van der Waals surface area contributed by atoms with E-state index in [1.807, 2.05) is 0 Å². The van der Waals surface area contributed by atoms with Crippen molar-refractivity contribution in [3.63, 3.8) is 0 Å². The zero-order chi connectivity index (χ0) is 9.56. The second-order valence-corrected chi connectivity index (χ2v) is 2.16. The van der Waals surface area contributed by atoms with Crippen molar-refractivity contribution in [1.29, 1.82) is 0 Å². The lowest BCUT2D eigenvalue weighted by atomic mass is 10.4. The Hall–Kier alpha value is -0.870. The van der Waals surface area contributed by atoms with Gasteiger partial charge in [-0.1, -0.05) is 6.58 Å². The van der Waals surface area contributed by atoms with Crippen LogP contribution in [0, 0.1) is 6.61 Å². The summed E-state index contributed by atoms with van der Waals surface area (Å²) in [5.74, 6) is -0.492. The van der Waals surface area contributed by atoms with Gasteiger partial charge in [0, 0.05) is 19.8 Å². The summed E-state index contributed by atoms with van der Waals surface area (Å²) in [6.07, 6.45) is -0.631. The number of esters is 1. The van der Waals surface area contributed by atoms with Crippen molar-refractivity contribution in [2.24, 2.45) is 0 Å². The van der Waals surface area contributed by atoms with Gasteiger partial charge in [0.25, 0.3) is 0 Å². The summed E-state index contributed by atoms with van der Waals surface area (Å²) in [5, 5.41) is 0. The van der Waals surface area contributed by atoms with Gasteiger partial charge in [-0.25, -0.2) is 4.79 Å². The highest BCUT2D eigenvalue weighted by atomic mass is 16.7. The highest BCUT2D eigenvalue weighted by Gasteiger charge is 2.10. The molecule has 0 N–H and O–H groups in total. The van der Waals surface area contributed by atoms with E-state index >= 15 is 0 Å². The second kappa shape index (κ2) is 5.74. The first-order valence-electron chi connectivity index (χ1n) is 3.37. The third-order valence-corrected chi connectivity index (χ3v) is 1.10. The quantitative estimate of drug-likeness (QED) is 0.352. The van der Waals surface area contributed by atoms with Crippen LogP contribution in [0.3, 0.4) is 0 Å². The first-order valence-corrected chi connectivity index (χ1v) is 3.37. The minimum Gasteiger partial charge on any atom is -0.449 e. The van der Waals surface area contributed by atoms with E-state index in [1.54, 1.807) is 6.92 Å². The lowest BCUT2D eigenvalue weighted by molar-refractivity contribution is -0.148. The summed E-state index contributed by atoms with van der Waals surface area (Å²) in [5.41, 5.74) is 0.331. The predicted octanol–water partition coefficient (Wildman–Crippen LogP) is 0.886. The van der Waals surface area contributed by atoms with Gasteiger partial charge < -0.3 is 14.2 Å². The van der Waals surface area contributed by atoms with Crippen molar-refractivity contribution < 1.29 is 19.0 Å². The lowest BCUT2D eigenvalue weighted by Crippen LogP contribution is -2.17. The average molecular weight is 173 g/mol. The standard InChI is InChI=1S/C8H13O4/c1-6(2)8(9)12-5-7(10-3)11-4/h5,7H,1H2,2-4H3. The molecule has 0 rings (SSSR count). The van der Waals surface area contributed by atoms with Crippen LogP contribution in [0.2, 0.25) is 0 Å². The molecule has 0 aliphatic heterocycles. The molecule has 0 unspecified atom stereocenters. The Morgan fingerprint density at radius 1 is 1.42 bits per heavy atom. The number of ether oxygens (including phenoxy) is 3. The first-order chi connectivity index (χ1) is 5.61. The van der Waals surface area contributed by atoms with Gasteiger partial charge >= 0.3 is 5.97 Å². The Balaban J connectivity index is 3.66. The molecule has 4 heteroatoms. The van der Waals surface area contributed by atoms with Gasteiger partial charge in [-0.15, -0.1) is 0 Å².